The van der Waals surface area contributed by atoms with Crippen molar-refractivity contribution in [2.24, 2.45) is 0 Å². The van der Waals surface area contributed by atoms with Gasteiger partial charge in [0.1, 0.15) is 5.69 Å². The average Bonchev–Trinajstić information content (AvgIpc) is 2.41. The molecular weight excluding hydrogens is 323 g/mol. The number of amides is 2. The Morgan fingerprint density at radius 3 is 2.43 bits per heavy atom. The van der Waals surface area contributed by atoms with Crippen molar-refractivity contribution in [2.45, 2.75) is 13.8 Å². The summed E-state index contributed by atoms with van der Waals surface area (Å²) >= 11 is 11.6. The molecule has 7 nitrogen and oxygen atoms in total. The van der Waals surface area contributed by atoms with Gasteiger partial charge in [-0.3, -0.25) is 0 Å². The van der Waals surface area contributed by atoms with Crippen LogP contribution >= 0.6 is 23.2 Å². The third kappa shape index (κ3) is 4.57. The zero-order valence-electron chi connectivity index (χ0n) is 11.4. The van der Waals surface area contributed by atoms with Gasteiger partial charge in [-0.1, -0.05) is 23.2 Å². The maximum Gasteiger partial charge on any atom is 0.433 e. The first-order valence-electron chi connectivity index (χ1n) is 5.99. The number of hydrogen-bond donors (Lipinski definition) is 2. The van der Waals surface area contributed by atoms with Crippen molar-refractivity contribution in [2.75, 3.05) is 18.2 Å². The van der Waals surface area contributed by atoms with Gasteiger partial charge in [-0.15, -0.1) is 0 Å². The number of ether oxygens (including phenoxy) is 2. The summed E-state index contributed by atoms with van der Waals surface area (Å²) in [4.78, 5) is 23.4. The number of aromatic hydroxyl groups is 1. The highest BCUT2D eigenvalue weighted by molar-refractivity contribution is 6.36. The van der Waals surface area contributed by atoms with Crippen LogP contribution in [0.5, 0.6) is 5.75 Å². The van der Waals surface area contributed by atoms with E-state index < -0.39 is 17.9 Å². The molecule has 0 aliphatic carbocycles. The summed E-state index contributed by atoms with van der Waals surface area (Å²) in [6, 6.07) is 2.53. The monoisotopic (exact) mass is 336 g/mol. The predicted molar refractivity (Wildman–Crippen MR) is 77.8 cm³/mol. The summed E-state index contributed by atoms with van der Waals surface area (Å²) in [7, 11) is 0. The first-order valence-corrected chi connectivity index (χ1v) is 6.74. The molecule has 0 saturated heterocycles. The number of benzene rings is 1. The number of nitrogens with one attached hydrogen (secondary N) is 1. The SMILES string of the molecule is CCOC(=O)NN(C(=O)OCC)c1cc(Cl)cc(Cl)c1O. The molecule has 2 amide bonds. The summed E-state index contributed by atoms with van der Waals surface area (Å²) < 4.78 is 9.47. The van der Waals surface area contributed by atoms with Gasteiger partial charge in [-0.25, -0.2) is 15.0 Å². The topological polar surface area (TPSA) is 88.1 Å². The van der Waals surface area contributed by atoms with Crippen molar-refractivity contribution in [1.82, 2.24) is 5.43 Å². The van der Waals surface area contributed by atoms with Crippen LogP contribution < -0.4 is 10.4 Å². The number of hydrazine groups is 1. The van der Waals surface area contributed by atoms with E-state index in [1.165, 1.54) is 12.1 Å². The quantitative estimate of drug-likeness (QED) is 0.826. The second kappa shape index (κ2) is 7.80. The van der Waals surface area contributed by atoms with Crippen LogP contribution in [-0.2, 0) is 9.47 Å². The molecule has 0 radical (unpaired) electrons. The molecule has 0 aromatic heterocycles. The number of halogens is 2. The predicted octanol–water partition coefficient (Wildman–Crippen LogP) is 3.32. The molecular formula is C12H14Cl2N2O5. The van der Waals surface area contributed by atoms with E-state index in [1.807, 2.05) is 0 Å². The minimum atomic E-state index is -0.931. The second-order valence-electron chi connectivity index (χ2n) is 3.62. The van der Waals surface area contributed by atoms with Gasteiger partial charge in [0.15, 0.2) is 5.75 Å². The fourth-order valence-electron chi connectivity index (χ4n) is 1.37. The molecule has 0 atom stereocenters. The minimum absolute atomic E-state index is 0.0644. The highest BCUT2D eigenvalue weighted by atomic mass is 35.5. The highest BCUT2D eigenvalue weighted by Crippen LogP contribution is 2.37. The number of phenolic OH excluding ortho intramolecular Hbond substituents is 1. The van der Waals surface area contributed by atoms with E-state index in [9.17, 15) is 14.7 Å². The molecule has 1 aromatic rings. The smallest absolute Gasteiger partial charge is 0.433 e. The van der Waals surface area contributed by atoms with E-state index in [0.29, 0.717) is 5.01 Å². The van der Waals surface area contributed by atoms with Crippen molar-refractivity contribution in [3.8, 4) is 5.75 Å². The normalized spacial score (nSPS) is 9.90. The molecule has 9 heteroatoms. The fourth-order valence-corrected chi connectivity index (χ4v) is 1.85. The molecule has 0 spiro atoms. The molecule has 0 aliphatic rings. The van der Waals surface area contributed by atoms with Crippen LogP contribution in [-0.4, -0.2) is 30.5 Å². The number of nitrogens with zero attached hydrogens (tertiary/aromatic N) is 1. The van der Waals surface area contributed by atoms with E-state index in [4.69, 9.17) is 27.9 Å². The number of rotatable bonds is 3. The fraction of sp³-hybridized carbons (Fsp3) is 0.333. The van der Waals surface area contributed by atoms with Crippen LogP contribution in [0.15, 0.2) is 12.1 Å². The second-order valence-corrected chi connectivity index (χ2v) is 4.47. The average molecular weight is 337 g/mol. The molecule has 0 heterocycles. The summed E-state index contributed by atoms with van der Waals surface area (Å²) in [5.74, 6) is -0.439. The lowest BCUT2D eigenvalue weighted by Gasteiger charge is -2.23. The molecule has 0 saturated carbocycles. The lowest BCUT2D eigenvalue weighted by Crippen LogP contribution is -2.47. The molecule has 0 bridgehead atoms. The standard InChI is InChI=1S/C12H14Cl2N2O5/c1-3-20-11(18)15-16(12(19)21-4-2)9-6-7(13)5-8(14)10(9)17/h5-6,17H,3-4H2,1-2H3,(H,15,18). The van der Waals surface area contributed by atoms with Crippen molar-refractivity contribution in [3.05, 3.63) is 22.2 Å². The molecule has 1 rings (SSSR count). The summed E-state index contributed by atoms with van der Waals surface area (Å²) in [5.41, 5.74) is 1.99. The van der Waals surface area contributed by atoms with Gasteiger partial charge < -0.3 is 14.6 Å². The molecule has 0 fully saturated rings. The van der Waals surface area contributed by atoms with E-state index >= 15 is 0 Å². The number of phenols is 1. The Balaban J connectivity index is 3.17. The number of anilines is 1. The molecule has 0 unspecified atom stereocenters. The first kappa shape index (κ1) is 17.2. The van der Waals surface area contributed by atoms with E-state index in [-0.39, 0.29) is 28.9 Å². The zero-order chi connectivity index (χ0) is 16.0. The molecule has 0 aliphatic heterocycles. The van der Waals surface area contributed by atoms with Gasteiger partial charge in [-0.05, 0) is 26.0 Å². The van der Waals surface area contributed by atoms with E-state index in [0.717, 1.165) is 0 Å². The van der Waals surface area contributed by atoms with Gasteiger partial charge >= 0.3 is 12.2 Å². The van der Waals surface area contributed by atoms with Crippen LogP contribution in [0.4, 0.5) is 15.3 Å². The van der Waals surface area contributed by atoms with Gasteiger partial charge in [0.2, 0.25) is 0 Å². The van der Waals surface area contributed by atoms with Crippen molar-refractivity contribution < 1.29 is 24.2 Å². The van der Waals surface area contributed by atoms with Crippen molar-refractivity contribution in [3.63, 3.8) is 0 Å². The van der Waals surface area contributed by atoms with E-state index in [1.54, 1.807) is 13.8 Å². The van der Waals surface area contributed by atoms with Crippen molar-refractivity contribution >= 4 is 41.1 Å². The summed E-state index contributed by atoms with van der Waals surface area (Å²) in [6.45, 7) is 3.35. The van der Waals surface area contributed by atoms with Crippen LogP contribution in [0.25, 0.3) is 0 Å². The molecule has 2 N–H and O–H groups in total. The molecule has 116 valence electrons. The van der Waals surface area contributed by atoms with Gasteiger partial charge in [-0.2, -0.15) is 5.01 Å². The Bertz CT molecular complexity index is 539. The lowest BCUT2D eigenvalue weighted by atomic mass is 10.3. The Labute approximate surface area is 131 Å². The number of carbonyl (C=O) groups excluding carboxylic acids is 2. The third-order valence-electron chi connectivity index (χ3n) is 2.18. The Morgan fingerprint density at radius 2 is 1.86 bits per heavy atom. The maximum atomic E-state index is 11.9. The first-order chi connectivity index (χ1) is 9.90. The molecule has 1 aromatic carbocycles. The van der Waals surface area contributed by atoms with E-state index in [2.05, 4.69) is 10.2 Å². The zero-order valence-corrected chi connectivity index (χ0v) is 12.9. The highest BCUT2D eigenvalue weighted by Gasteiger charge is 2.25. The third-order valence-corrected chi connectivity index (χ3v) is 2.68. The van der Waals surface area contributed by atoms with Gasteiger partial charge in [0, 0.05) is 5.02 Å². The maximum absolute atomic E-state index is 11.9. The Hall–Kier alpha value is -1.86. The summed E-state index contributed by atoms with van der Waals surface area (Å²) in [5, 5.41) is 10.7. The van der Waals surface area contributed by atoms with Crippen LogP contribution in [0.1, 0.15) is 13.8 Å². The van der Waals surface area contributed by atoms with Crippen LogP contribution in [0, 0.1) is 0 Å². The van der Waals surface area contributed by atoms with Crippen molar-refractivity contribution in [1.29, 1.82) is 0 Å². The van der Waals surface area contributed by atoms with Crippen LogP contribution in [0.2, 0.25) is 10.0 Å². The summed E-state index contributed by atoms with van der Waals surface area (Å²) in [6.07, 6.45) is -1.83. The number of hydrogen-bond acceptors (Lipinski definition) is 5. The van der Waals surface area contributed by atoms with Gasteiger partial charge in [0.25, 0.3) is 0 Å². The minimum Gasteiger partial charge on any atom is -0.504 e. The number of carbonyl (C=O) groups is 2. The van der Waals surface area contributed by atoms with Gasteiger partial charge in [0.05, 0.1) is 18.2 Å². The van der Waals surface area contributed by atoms with Crippen LogP contribution in [0.3, 0.4) is 0 Å². The lowest BCUT2D eigenvalue weighted by molar-refractivity contribution is 0.138. The Morgan fingerprint density at radius 1 is 1.24 bits per heavy atom. The Kier molecular flexibility index (Phi) is 6.39. The largest absolute Gasteiger partial charge is 0.504 e. The molecule has 21 heavy (non-hydrogen) atoms.